The van der Waals surface area contributed by atoms with E-state index in [9.17, 15) is 4.79 Å². The van der Waals surface area contributed by atoms with Crippen LogP contribution in [0.4, 0.5) is 5.69 Å². The summed E-state index contributed by atoms with van der Waals surface area (Å²) in [6.07, 6.45) is 4.88. The number of hydrogen-bond acceptors (Lipinski definition) is 5. The average molecular weight is 456 g/mol. The van der Waals surface area contributed by atoms with E-state index in [1.807, 2.05) is 12.1 Å². The van der Waals surface area contributed by atoms with Crippen LogP contribution in [-0.2, 0) is 4.79 Å². The van der Waals surface area contributed by atoms with Crippen molar-refractivity contribution in [2.75, 3.05) is 25.2 Å². The van der Waals surface area contributed by atoms with Gasteiger partial charge in [0, 0.05) is 23.4 Å². The lowest BCUT2D eigenvalue weighted by atomic mass is 9.88. The number of rotatable bonds is 8. The quantitative estimate of drug-likeness (QED) is 0.434. The zero-order valence-electron chi connectivity index (χ0n) is 19.2. The second-order valence-electron chi connectivity index (χ2n) is 8.28. The number of hydrogen-bond donors (Lipinski definition) is 1. The molecule has 1 aliphatic rings. The van der Waals surface area contributed by atoms with Gasteiger partial charge in [-0.15, -0.1) is 0 Å². The molecule has 1 amide bonds. The summed E-state index contributed by atoms with van der Waals surface area (Å²) in [5.41, 5.74) is 6.58. The molecule has 170 valence electrons. The highest BCUT2D eigenvalue weighted by molar-refractivity contribution is 6.33. The molecule has 0 saturated carbocycles. The Morgan fingerprint density at radius 2 is 1.91 bits per heavy atom. The first kappa shape index (κ1) is 23.7. The fourth-order valence-electron chi connectivity index (χ4n) is 3.87. The van der Waals surface area contributed by atoms with E-state index in [2.05, 4.69) is 49.2 Å². The van der Waals surface area contributed by atoms with Crippen LogP contribution in [0.15, 0.2) is 47.6 Å². The van der Waals surface area contributed by atoms with E-state index in [1.54, 1.807) is 37.6 Å². The molecule has 0 aliphatic carbocycles. The number of ether oxygens (including phenoxy) is 2. The predicted molar refractivity (Wildman–Crippen MR) is 131 cm³/mol. The lowest BCUT2D eigenvalue weighted by Gasteiger charge is -2.43. The molecule has 1 aliphatic heterocycles. The molecule has 3 rings (SSSR count). The minimum Gasteiger partial charge on any atom is -0.497 e. The van der Waals surface area contributed by atoms with Crippen molar-refractivity contribution in [3.63, 3.8) is 0 Å². The summed E-state index contributed by atoms with van der Waals surface area (Å²) in [7, 11) is 1.59. The molecule has 0 unspecified atom stereocenters. The molecule has 0 fully saturated rings. The number of methoxy groups -OCH3 is 1. The Kier molecular flexibility index (Phi) is 7.46. The molecule has 1 heterocycles. The van der Waals surface area contributed by atoms with Crippen molar-refractivity contribution >= 4 is 35.0 Å². The van der Waals surface area contributed by atoms with Gasteiger partial charge in [-0.1, -0.05) is 24.6 Å². The van der Waals surface area contributed by atoms with E-state index in [4.69, 9.17) is 21.1 Å². The number of nitrogens with zero attached hydrogens (tertiary/aromatic N) is 2. The molecular formula is C25H30ClN3O3. The molecule has 0 bridgehead atoms. The molecule has 0 radical (unpaired) electrons. The average Bonchev–Trinajstić information content (AvgIpc) is 2.76. The van der Waals surface area contributed by atoms with E-state index >= 15 is 0 Å². The second-order valence-corrected chi connectivity index (χ2v) is 8.69. The van der Waals surface area contributed by atoms with E-state index in [0.717, 1.165) is 35.5 Å². The Morgan fingerprint density at radius 1 is 1.22 bits per heavy atom. The van der Waals surface area contributed by atoms with Crippen LogP contribution in [-0.4, -0.2) is 37.9 Å². The molecule has 1 N–H and O–H groups in total. The van der Waals surface area contributed by atoms with Crippen LogP contribution in [0.5, 0.6) is 11.5 Å². The Balaban J connectivity index is 1.67. The van der Waals surface area contributed by atoms with Crippen molar-refractivity contribution in [3.05, 3.63) is 58.6 Å². The van der Waals surface area contributed by atoms with Crippen molar-refractivity contribution in [1.82, 2.24) is 5.43 Å². The maximum atomic E-state index is 12.1. The molecule has 0 saturated heterocycles. The number of anilines is 1. The summed E-state index contributed by atoms with van der Waals surface area (Å²) in [4.78, 5) is 14.4. The summed E-state index contributed by atoms with van der Waals surface area (Å²) in [5, 5.41) is 4.64. The van der Waals surface area contributed by atoms with Gasteiger partial charge in [-0.3, -0.25) is 4.79 Å². The van der Waals surface area contributed by atoms with E-state index in [-0.39, 0.29) is 18.1 Å². The summed E-state index contributed by atoms with van der Waals surface area (Å²) in [6.45, 7) is 9.49. The monoisotopic (exact) mass is 455 g/mol. The number of fused-ring (bicyclic) bond motifs is 1. The predicted octanol–water partition coefficient (Wildman–Crippen LogP) is 5.29. The first-order valence-electron chi connectivity index (χ1n) is 10.6. The molecular weight excluding hydrogens is 426 g/mol. The summed E-state index contributed by atoms with van der Waals surface area (Å²) >= 11 is 6.56. The van der Waals surface area contributed by atoms with Crippen molar-refractivity contribution < 1.29 is 14.3 Å². The SMILES string of the molecule is CCCN1c2cc(Cl)c(/C=N/NC(=O)COc3ccc(OC)cc3)cc2C(C)=CC1(C)C. The highest BCUT2D eigenvalue weighted by Crippen LogP contribution is 2.41. The number of halogens is 1. The maximum absolute atomic E-state index is 12.1. The number of hydrazone groups is 1. The third-order valence-electron chi connectivity index (χ3n) is 5.37. The lowest BCUT2D eigenvalue weighted by Crippen LogP contribution is -2.45. The summed E-state index contributed by atoms with van der Waals surface area (Å²) < 4.78 is 10.6. The molecule has 2 aromatic rings. The van der Waals surface area contributed by atoms with Crippen LogP contribution in [0.1, 0.15) is 45.2 Å². The number of carbonyl (C=O) groups excluding carboxylic acids is 1. The number of amides is 1. The topological polar surface area (TPSA) is 63.2 Å². The van der Waals surface area contributed by atoms with Crippen molar-refractivity contribution in [3.8, 4) is 11.5 Å². The number of allylic oxidation sites excluding steroid dienone is 1. The summed E-state index contributed by atoms with van der Waals surface area (Å²) in [6, 6.07) is 11.0. The van der Waals surface area contributed by atoms with Gasteiger partial charge < -0.3 is 14.4 Å². The molecule has 0 atom stereocenters. The van der Waals surface area contributed by atoms with Gasteiger partial charge in [0.2, 0.25) is 0 Å². The van der Waals surface area contributed by atoms with Gasteiger partial charge in [-0.25, -0.2) is 5.43 Å². The van der Waals surface area contributed by atoms with Crippen molar-refractivity contribution in [1.29, 1.82) is 0 Å². The molecule has 7 heteroatoms. The fraction of sp³-hybridized carbons (Fsp3) is 0.360. The number of nitrogens with one attached hydrogen (secondary N) is 1. The Bertz CT molecular complexity index is 1030. The first-order chi connectivity index (χ1) is 15.2. The van der Waals surface area contributed by atoms with Crippen molar-refractivity contribution in [2.24, 2.45) is 5.10 Å². The molecule has 0 aromatic heterocycles. The minimum atomic E-state index is -0.363. The standard InChI is InChI=1S/C25H30ClN3O3/c1-6-11-29-23-13-22(26)18(12-21(23)17(2)14-25(29,3)4)15-27-28-24(30)16-32-20-9-7-19(31-5)8-10-20/h7-10,12-15H,6,11,16H2,1-5H3,(H,28,30)/b27-15+. The Labute approximate surface area is 194 Å². The minimum absolute atomic E-state index is 0.0795. The van der Waals surface area contributed by atoms with E-state index in [1.165, 1.54) is 5.57 Å². The van der Waals surface area contributed by atoms with Crippen LogP contribution < -0.4 is 19.8 Å². The van der Waals surface area contributed by atoms with Crippen molar-refractivity contribution in [2.45, 2.75) is 39.7 Å². The van der Waals surface area contributed by atoms with Gasteiger partial charge in [0.1, 0.15) is 11.5 Å². The van der Waals surface area contributed by atoms with Crippen LogP contribution in [0.25, 0.3) is 5.57 Å². The largest absolute Gasteiger partial charge is 0.497 e. The second kappa shape index (κ2) is 10.1. The number of benzene rings is 2. The molecule has 6 nitrogen and oxygen atoms in total. The molecule has 32 heavy (non-hydrogen) atoms. The zero-order valence-corrected chi connectivity index (χ0v) is 20.0. The van der Waals surface area contributed by atoms with Gasteiger partial charge in [0.05, 0.1) is 23.9 Å². The highest BCUT2D eigenvalue weighted by Gasteiger charge is 2.31. The van der Waals surface area contributed by atoms with E-state index < -0.39 is 0 Å². The maximum Gasteiger partial charge on any atom is 0.277 e. The number of carbonyl (C=O) groups is 1. The van der Waals surface area contributed by atoms with Gasteiger partial charge in [-0.2, -0.15) is 5.10 Å². The summed E-state index contributed by atoms with van der Waals surface area (Å²) in [5.74, 6) is 0.933. The van der Waals surface area contributed by atoms with Gasteiger partial charge >= 0.3 is 0 Å². The van der Waals surface area contributed by atoms with E-state index in [0.29, 0.717) is 10.8 Å². The van der Waals surface area contributed by atoms with Crippen LogP contribution in [0, 0.1) is 0 Å². The lowest BCUT2D eigenvalue weighted by molar-refractivity contribution is -0.123. The van der Waals surface area contributed by atoms with Crippen LogP contribution in [0.3, 0.4) is 0 Å². The van der Waals surface area contributed by atoms with Crippen LogP contribution in [0.2, 0.25) is 5.02 Å². The fourth-order valence-corrected chi connectivity index (χ4v) is 4.08. The zero-order chi connectivity index (χ0) is 23.3. The van der Waals surface area contributed by atoms with Gasteiger partial charge in [-0.05, 0) is 69.2 Å². The highest BCUT2D eigenvalue weighted by atomic mass is 35.5. The Morgan fingerprint density at radius 3 is 2.56 bits per heavy atom. The third-order valence-corrected chi connectivity index (χ3v) is 5.69. The Hall–Kier alpha value is -2.99. The smallest absolute Gasteiger partial charge is 0.277 e. The molecule has 2 aromatic carbocycles. The van der Waals surface area contributed by atoms with Gasteiger partial charge in [0.25, 0.3) is 5.91 Å². The molecule has 0 spiro atoms. The normalized spacial score (nSPS) is 14.7. The van der Waals surface area contributed by atoms with Crippen LogP contribution >= 0.6 is 11.6 Å². The first-order valence-corrected chi connectivity index (χ1v) is 11.0. The van der Waals surface area contributed by atoms with Gasteiger partial charge in [0.15, 0.2) is 6.61 Å². The third kappa shape index (κ3) is 5.43.